The van der Waals surface area contributed by atoms with Gasteiger partial charge in [-0.05, 0) is 25.8 Å². The molecule has 1 aliphatic rings. The zero-order chi connectivity index (χ0) is 15.4. The molecule has 0 bridgehead atoms. The number of benzene rings is 1. The second-order valence-corrected chi connectivity index (χ2v) is 6.73. The Hall–Kier alpha value is -0.770. The third-order valence-corrected chi connectivity index (χ3v) is 5.19. The van der Waals surface area contributed by atoms with Crippen LogP contribution in [0.1, 0.15) is 38.2 Å². The number of carbonyl (C=O) groups is 1. The third-order valence-electron chi connectivity index (χ3n) is 4.33. The first-order valence-corrected chi connectivity index (χ1v) is 8.30. The molecule has 21 heavy (non-hydrogen) atoms. The van der Waals surface area contributed by atoms with E-state index in [0.717, 1.165) is 23.3 Å². The van der Waals surface area contributed by atoms with E-state index in [1.54, 1.807) is 6.07 Å². The van der Waals surface area contributed by atoms with Gasteiger partial charge in [0.05, 0.1) is 17.1 Å². The van der Waals surface area contributed by atoms with E-state index in [9.17, 15) is 4.79 Å². The maximum absolute atomic E-state index is 12.3. The van der Waals surface area contributed by atoms with Crippen LogP contribution in [0.5, 0.6) is 0 Å². The zero-order valence-electron chi connectivity index (χ0n) is 12.6. The molecule has 1 aliphatic carbocycles. The van der Waals surface area contributed by atoms with Crippen LogP contribution in [-0.4, -0.2) is 25.0 Å². The van der Waals surface area contributed by atoms with E-state index >= 15 is 0 Å². The molecule has 0 radical (unpaired) electrons. The lowest BCUT2D eigenvalue weighted by Gasteiger charge is -2.23. The summed E-state index contributed by atoms with van der Waals surface area (Å²) in [7, 11) is 2.01. The molecule has 2 N–H and O–H groups in total. The lowest BCUT2D eigenvalue weighted by atomic mass is 10.1. The molecule has 1 amide bonds. The van der Waals surface area contributed by atoms with Crippen LogP contribution in [-0.2, 0) is 11.3 Å². The highest BCUT2D eigenvalue weighted by Gasteiger charge is 2.26. The maximum atomic E-state index is 12.3. The highest BCUT2D eigenvalue weighted by molar-refractivity contribution is 6.42. The Morgan fingerprint density at radius 1 is 1.38 bits per heavy atom. The van der Waals surface area contributed by atoms with Crippen molar-refractivity contribution in [3.05, 3.63) is 33.8 Å². The first kappa shape index (κ1) is 16.6. The van der Waals surface area contributed by atoms with Gasteiger partial charge in [-0.3, -0.25) is 4.79 Å². The summed E-state index contributed by atoms with van der Waals surface area (Å²) >= 11 is 12.2. The van der Waals surface area contributed by atoms with Crippen molar-refractivity contribution in [1.82, 2.24) is 5.32 Å². The summed E-state index contributed by atoms with van der Waals surface area (Å²) in [5, 5.41) is 4.30. The quantitative estimate of drug-likeness (QED) is 0.854. The standard InChI is InChI=1S/C16H22Cl2N2O/c1-11(16(21)19-13-7-3-4-8-13)20(2)10-12-6-5-9-14(17)15(12)18/h5-6,9,11,13H,3-4,7-8,10H2,1-2H3,(H,19,21)/p+1/t11-/m0/s1. The summed E-state index contributed by atoms with van der Waals surface area (Å²) in [6, 6.07) is 5.88. The lowest BCUT2D eigenvalue weighted by molar-refractivity contribution is -0.908. The Morgan fingerprint density at radius 3 is 2.71 bits per heavy atom. The van der Waals surface area contributed by atoms with Crippen LogP contribution in [0, 0.1) is 0 Å². The Morgan fingerprint density at radius 2 is 2.05 bits per heavy atom. The molecule has 116 valence electrons. The number of quaternary nitrogens is 1. The van der Waals surface area contributed by atoms with Gasteiger partial charge in [0.15, 0.2) is 6.04 Å². The van der Waals surface area contributed by atoms with Gasteiger partial charge >= 0.3 is 0 Å². The molecule has 1 saturated carbocycles. The average molecular weight is 330 g/mol. The molecule has 0 spiro atoms. The van der Waals surface area contributed by atoms with Gasteiger partial charge in [-0.2, -0.15) is 0 Å². The predicted octanol–water partition coefficient (Wildman–Crippen LogP) is 2.46. The fourth-order valence-corrected chi connectivity index (χ4v) is 3.15. The second-order valence-electron chi connectivity index (χ2n) is 5.95. The smallest absolute Gasteiger partial charge is 0.278 e. The number of halogens is 2. The molecule has 0 saturated heterocycles. The van der Waals surface area contributed by atoms with Crippen molar-refractivity contribution in [2.45, 2.75) is 51.2 Å². The van der Waals surface area contributed by atoms with E-state index in [4.69, 9.17) is 23.2 Å². The van der Waals surface area contributed by atoms with Crippen LogP contribution in [0.15, 0.2) is 18.2 Å². The second kappa shape index (κ2) is 7.48. The van der Waals surface area contributed by atoms with E-state index < -0.39 is 0 Å². The lowest BCUT2D eigenvalue weighted by Crippen LogP contribution is -3.12. The molecule has 5 heteroatoms. The molecule has 0 aliphatic heterocycles. The summed E-state index contributed by atoms with van der Waals surface area (Å²) in [6.07, 6.45) is 4.66. The van der Waals surface area contributed by atoms with Gasteiger partial charge in [0.2, 0.25) is 0 Å². The minimum atomic E-state index is -0.111. The summed E-state index contributed by atoms with van der Waals surface area (Å²) in [5.41, 5.74) is 0.974. The summed E-state index contributed by atoms with van der Waals surface area (Å²) in [5.74, 6) is 0.123. The monoisotopic (exact) mass is 329 g/mol. The normalized spacial score (nSPS) is 18.5. The maximum Gasteiger partial charge on any atom is 0.278 e. The van der Waals surface area contributed by atoms with Gasteiger partial charge in [0, 0.05) is 11.6 Å². The molecule has 1 aromatic carbocycles. The molecule has 1 unspecified atom stereocenters. The van der Waals surface area contributed by atoms with Gasteiger partial charge in [-0.1, -0.05) is 48.2 Å². The van der Waals surface area contributed by atoms with Gasteiger partial charge in [0.1, 0.15) is 6.54 Å². The topological polar surface area (TPSA) is 33.5 Å². The molecular weight excluding hydrogens is 307 g/mol. The number of amides is 1. The molecule has 0 aromatic heterocycles. The molecule has 3 nitrogen and oxygen atoms in total. The number of likely N-dealkylation sites (N-methyl/N-ethyl adjacent to an activating group) is 1. The van der Waals surface area contributed by atoms with Crippen LogP contribution in [0.2, 0.25) is 10.0 Å². The van der Waals surface area contributed by atoms with E-state index in [0.29, 0.717) is 22.6 Å². The van der Waals surface area contributed by atoms with E-state index in [1.807, 2.05) is 26.1 Å². The van der Waals surface area contributed by atoms with Crippen molar-refractivity contribution < 1.29 is 9.69 Å². The van der Waals surface area contributed by atoms with E-state index in [-0.39, 0.29) is 11.9 Å². The molecule has 0 heterocycles. The first-order chi connectivity index (χ1) is 9.99. The van der Waals surface area contributed by atoms with E-state index in [1.165, 1.54) is 12.8 Å². The van der Waals surface area contributed by atoms with Crippen molar-refractivity contribution in [2.24, 2.45) is 0 Å². The van der Waals surface area contributed by atoms with Crippen molar-refractivity contribution in [2.75, 3.05) is 7.05 Å². The minimum Gasteiger partial charge on any atom is -0.348 e. The van der Waals surface area contributed by atoms with Crippen molar-refractivity contribution >= 4 is 29.1 Å². The molecule has 1 fully saturated rings. The largest absolute Gasteiger partial charge is 0.348 e. The Kier molecular flexibility index (Phi) is 5.91. The number of hydrogen-bond donors (Lipinski definition) is 2. The van der Waals surface area contributed by atoms with Gasteiger partial charge in [-0.15, -0.1) is 0 Å². The van der Waals surface area contributed by atoms with Crippen molar-refractivity contribution in [3.8, 4) is 0 Å². The molecule has 1 aromatic rings. The van der Waals surface area contributed by atoms with Crippen molar-refractivity contribution in [1.29, 1.82) is 0 Å². The van der Waals surface area contributed by atoms with Crippen LogP contribution in [0.25, 0.3) is 0 Å². The first-order valence-electron chi connectivity index (χ1n) is 7.54. The minimum absolute atomic E-state index is 0.111. The van der Waals surface area contributed by atoms with Crippen molar-refractivity contribution in [3.63, 3.8) is 0 Å². The summed E-state index contributed by atoms with van der Waals surface area (Å²) in [4.78, 5) is 13.4. The van der Waals surface area contributed by atoms with Crippen LogP contribution in [0.3, 0.4) is 0 Å². The third kappa shape index (κ3) is 4.35. The SMILES string of the molecule is C[C@@H](C(=O)NC1CCCC1)[NH+](C)Cc1cccc(Cl)c1Cl. The fourth-order valence-electron chi connectivity index (χ4n) is 2.76. The Balaban J connectivity index is 1.93. The van der Waals surface area contributed by atoms with Crippen LogP contribution < -0.4 is 10.2 Å². The van der Waals surface area contributed by atoms with Gasteiger partial charge < -0.3 is 10.2 Å². The van der Waals surface area contributed by atoms with E-state index in [2.05, 4.69) is 5.32 Å². The highest BCUT2D eigenvalue weighted by Crippen LogP contribution is 2.24. The van der Waals surface area contributed by atoms with Gasteiger partial charge in [0.25, 0.3) is 5.91 Å². The Bertz CT molecular complexity index is 501. The summed E-state index contributed by atoms with van der Waals surface area (Å²) < 4.78 is 0. The number of nitrogens with one attached hydrogen (secondary N) is 2. The highest BCUT2D eigenvalue weighted by atomic mass is 35.5. The van der Waals surface area contributed by atoms with Gasteiger partial charge in [-0.25, -0.2) is 0 Å². The van der Waals surface area contributed by atoms with Crippen LogP contribution >= 0.6 is 23.2 Å². The average Bonchev–Trinajstić information content (AvgIpc) is 2.95. The summed E-state index contributed by atoms with van der Waals surface area (Å²) in [6.45, 7) is 2.64. The van der Waals surface area contributed by atoms with Crippen LogP contribution in [0.4, 0.5) is 0 Å². The predicted molar refractivity (Wildman–Crippen MR) is 86.9 cm³/mol. The molecule has 2 rings (SSSR count). The molecular formula is C16H23Cl2N2O+. The number of rotatable bonds is 5. The molecule has 2 atom stereocenters. The fraction of sp³-hybridized carbons (Fsp3) is 0.562. The number of hydrogen-bond acceptors (Lipinski definition) is 1. The number of carbonyl (C=O) groups excluding carboxylic acids is 1. The zero-order valence-corrected chi connectivity index (χ0v) is 14.1. The Labute approximate surface area is 136 Å².